The molecule has 0 bridgehead atoms. The number of benzene rings is 1. The molecule has 3 nitrogen and oxygen atoms in total. The van der Waals surface area contributed by atoms with E-state index in [1.807, 2.05) is 24.3 Å². The highest BCUT2D eigenvalue weighted by atomic mass is 32.2. The highest BCUT2D eigenvalue weighted by Crippen LogP contribution is 2.31. The zero-order valence-corrected chi connectivity index (χ0v) is 14.2. The molecule has 0 aliphatic carbocycles. The van der Waals surface area contributed by atoms with Gasteiger partial charge in [0.2, 0.25) is 0 Å². The van der Waals surface area contributed by atoms with Gasteiger partial charge >= 0.3 is 0 Å². The molecule has 0 saturated heterocycles. The number of rotatable bonds is 4. The highest BCUT2D eigenvalue weighted by molar-refractivity contribution is 7.92. The van der Waals surface area contributed by atoms with E-state index < -0.39 is 14.6 Å². The number of hydrogen-bond donors (Lipinski definition) is 0. The summed E-state index contributed by atoms with van der Waals surface area (Å²) in [6, 6.07) is 7.79. The second kappa shape index (κ2) is 5.76. The quantitative estimate of drug-likeness (QED) is 0.853. The fourth-order valence-electron chi connectivity index (χ4n) is 1.78. The third kappa shape index (κ3) is 4.23. The van der Waals surface area contributed by atoms with Crippen LogP contribution in [0, 0.1) is 0 Å². The van der Waals surface area contributed by atoms with Gasteiger partial charge < -0.3 is 4.74 Å². The Morgan fingerprint density at radius 2 is 1.55 bits per heavy atom. The first kappa shape index (κ1) is 17.0. The van der Waals surface area contributed by atoms with E-state index in [-0.39, 0.29) is 17.8 Å². The van der Waals surface area contributed by atoms with Crippen LogP contribution in [0.1, 0.15) is 47.1 Å². The molecule has 0 radical (unpaired) electrons. The van der Waals surface area contributed by atoms with Crippen molar-refractivity contribution in [3.63, 3.8) is 0 Å². The van der Waals surface area contributed by atoms with Gasteiger partial charge in [-0.05, 0) is 37.8 Å². The normalized spacial score (nSPS) is 13.3. The van der Waals surface area contributed by atoms with Gasteiger partial charge in [0.05, 0.1) is 10.5 Å². The first-order valence-electron chi connectivity index (χ1n) is 6.90. The van der Waals surface area contributed by atoms with Crippen molar-refractivity contribution < 1.29 is 13.2 Å². The fourth-order valence-corrected chi connectivity index (χ4v) is 2.69. The molecule has 0 aliphatic heterocycles. The van der Waals surface area contributed by atoms with E-state index >= 15 is 0 Å². The zero-order valence-electron chi connectivity index (χ0n) is 13.4. The van der Waals surface area contributed by atoms with Crippen molar-refractivity contribution in [1.29, 1.82) is 0 Å². The lowest BCUT2D eigenvalue weighted by Gasteiger charge is -2.23. The summed E-state index contributed by atoms with van der Waals surface area (Å²) in [5.41, 5.74) is 1.06. The minimum Gasteiger partial charge on any atom is -0.492 e. The number of para-hydroxylation sites is 1. The van der Waals surface area contributed by atoms with Crippen LogP contribution in [0.4, 0.5) is 0 Å². The number of hydrogen-bond acceptors (Lipinski definition) is 3. The summed E-state index contributed by atoms with van der Waals surface area (Å²) in [5.74, 6) is 0.804. The summed E-state index contributed by atoms with van der Waals surface area (Å²) < 4.78 is 29.1. The first-order valence-corrected chi connectivity index (χ1v) is 8.55. The van der Waals surface area contributed by atoms with Crippen molar-refractivity contribution in [2.75, 3.05) is 12.4 Å². The summed E-state index contributed by atoms with van der Waals surface area (Å²) in [6.07, 6.45) is 0. The molecule has 4 heteroatoms. The standard InChI is InChI=1S/C16H26O3S/c1-15(2,3)13-9-7-8-10-14(13)19-11-12-20(17,18)16(4,5)6/h7-10H,11-12H2,1-6H3. The fraction of sp³-hybridized carbons (Fsp3) is 0.625. The third-order valence-corrected chi connectivity index (χ3v) is 5.81. The predicted molar refractivity (Wildman–Crippen MR) is 84.2 cm³/mol. The summed E-state index contributed by atoms with van der Waals surface area (Å²) in [4.78, 5) is 0. The average molecular weight is 298 g/mol. The van der Waals surface area contributed by atoms with Gasteiger partial charge in [0.15, 0.2) is 9.84 Å². The predicted octanol–water partition coefficient (Wildman–Crippen LogP) is 3.58. The maximum atomic E-state index is 12.0. The van der Waals surface area contributed by atoms with Crippen LogP contribution in [-0.4, -0.2) is 25.5 Å². The van der Waals surface area contributed by atoms with Gasteiger partial charge in [-0.15, -0.1) is 0 Å². The van der Waals surface area contributed by atoms with Gasteiger partial charge in [-0.2, -0.15) is 0 Å². The molecule has 0 fully saturated rings. The van der Waals surface area contributed by atoms with E-state index in [2.05, 4.69) is 20.8 Å². The topological polar surface area (TPSA) is 43.4 Å². The molecular formula is C16H26O3S. The Labute approximate surface area is 123 Å². The lowest BCUT2D eigenvalue weighted by atomic mass is 9.86. The number of sulfone groups is 1. The smallest absolute Gasteiger partial charge is 0.158 e. The molecule has 0 heterocycles. The van der Waals surface area contributed by atoms with Crippen molar-refractivity contribution in [1.82, 2.24) is 0 Å². The molecule has 0 aliphatic rings. The van der Waals surface area contributed by atoms with Crippen molar-refractivity contribution >= 4 is 9.84 Å². The van der Waals surface area contributed by atoms with Gasteiger partial charge in [0.25, 0.3) is 0 Å². The Morgan fingerprint density at radius 1 is 1.00 bits per heavy atom. The zero-order chi connectivity index (χ0) is 15.6. The Hall–Kier alpha value is -1.03. The second-order valence-electron chi connectivity index (χ2n) is 7.03. The molecule has 0 spiro atoms. The first-order chi connectivity index (χ1) is 8.95. The van der Waals surface area contributed by atoms with Crippen LogP contribution in [-0.2, 0) is 15.3 Å². The monoisotopic (exact) mass is 298 g/mol. The third-order valence-electron chi connectivity index (χ3n) is 3.24. The van der Waals surface area contributed by atoms with Crippen LogP contribution < -0.4 is 4.74 Å². The van der Waals surface area contributed by atoms with E-state index in [0.717, 1.165) is 11.3 Å². The molecule has 0 aromatic heterocycles. The summed E-state index contributed by atoms with van der Waals surface area (Å²) in [5, 5.41) is 0. The molecule has 1 rings (SSSR count). The van der Waals surface area contributed by atoms with Gasteiger partial charge in [-0.25, -0.2) is 8.42 Å². The molecule has 1 aromatic rings. The molecular weight excluding hydrogens is 272 g/mol. The van der Waals surface area contributed by atoms with E-state index in [9.17, 15) is 8.42 Å². The largest absolute Gasteiger partial charge is 0.492 e. The van der Waals surface area contributed by atoms with Crippen LogP contribution in [0.2, 0.25) is 0 Å². The molecule has 20 heavy (non-hydrogen) atoms. The van der Waals surface area contributed by atoms with E-state index in [1.165, 1.54) is 0 Å². The summed E-state index contributed by atoms with van der Waals surface area (Å²) in [6.45, 7) is 11.7. The maximum Gasteiger partial charge on any atom is 0.158 e. The SMILES string of the molecule is CC(C)(C)c1ccccc1OCCS(=O)(=O)C(C)(C)C. The minimum atomic E-state index is -3.14. The van der Waals surface area contributed by atoms with Gasteiger partial charge in [0, 0.05) is 0 Å². The molecule has 0 saturated carbocycles. The highest BCUT2D eigenvalue weighted by Gasteiger charge is 2.28. The lowest BCUT2D eigenvalue weighted by molar-refractivity contribution is 0.329. The van der Waals surface area contributed by atoms with Gasteiger partial charge in [-0.3, -0.25) is 0 Å². The van der Waals surface area contributed by atoms with Crippen LogP contribution >= 0.6 is 0 Å². The molecule has 114 valence electrons. The summed E-state index contributed by atoms with van der Waals surface area (Å²) >= 11 is 0. The minimum absolute atomic E-state index is 0.0283. The number of ether oxygens (including phenoxy) is 1. The second-order valence-corrected chi connectivity index (χ2v) is 9.89. The Balaban J connectivity index is 2.78. The van der Waals surface area contributed by atoms with E-state index in [4.69, 9.17) is 4.74 Å². The van der Waals surface area contributed by atoms with Crippen LogP contribution in [0.3, 0.4) is 0 Å². The van der Waals surface area contributed by atoms with Crippen molar-refractivity contribution in [3.8, 4) is 5.75 Å². The molecule has 0 atom stereocenters. The van der Waals surface area contributed by atoms with Crippen molar-refractivity contribution in [3.05, 3.63) is 29.8 Å². The molecule has 1 aromatic carbocycles. The van der Waals surface area contributed by atoms with Crippen LogP contribution in [0.25, 0.3) is 0 Å². The Morgan fingerprint density at radius 3 is 2.05 bits per heavy atom. The van der Waals surface area contributed by atoms with Gasteiger partial charge in [-0.1, -0.05) is 39.0 Å². The molecule has 0 unspecified atom stereocenters. The van der Waals surface area contributed by atoms with Crippen molar-refractivity contribution in [2.24, 2.45) is 0 Å². The Kier molecular flexibility index (Phi) is 4.90. The summed E-state index contributed by atoms with van der Waals surface area (Å²) in [7, 11) is -3.14. The average Bonchev–Trinajstić information content (AvgIpc) is 2.26. The molecule has 0 amide bonds. The van der Waals surface area contributed by atoms with Crippen LogP contribution in [0.5, 0.6) is 5.75 Å². The Bertz CT molecular complexity index is 546. The maximum absolute atomic E-state index is 12.0. The van der Waals surface area contributed by atoms with Gasteiger partial charge in [0.1, 0.15) is 12.4 Å². The van der Waals surface area contributed by atoms with E-state index in [0.29, 0.717) is 0 Å². The van der Waals surface area contributed by atoms with Crippen molar-refractivity contribution in [2.45, 2.75) is 51.7 Å². The van der Waals surface area contributed by atoms with Crippen LogP contribution in [0.15, 0.2) is 24.3 Å². The molecule has 0 N–H and O–H groups in total. The van der Waals surface area contributed by atoms with E-state index in [1.54, 1.807) is 20.8 Å². The lowest BCUT2D eigenvalue weighted by Crippen LogP contribution is -2.32.